The first-order valence-corrected chi connectivity index (χ1v) is 10.6. The average molecular weight is 424 g/mol. The molecule has 1 unspecified atom stereocenters. The summed E-state index contributed by atoms with van der Waals surface area (Å²) in [6.07, 6.45) is 3.16. The number of rotatable bonds is 8. The third-order valence-corrected chi connectivity index (χ3v) is 5.68. The summed E-state index contributed by atoms with van der Waals surface area (Å²) in [4.78, 5) is 27.6. The van der Waals surface area contributed by atoms with Crippen LogP contribution in [0.1, 0.15) is 41.6 Å². The Kier molecular flexibility index (Phi) is 6.42. The minimum Gasteiger partial charge on any atom is -0.497 e. The first-order chi connectivity index (χ1) is 15.1. The first kappa shape index (κ1) is 21.2. The van der Waals surface area contributed by atoms with Gasteiger partial charge < -0.3 is 24.4 Å². The van der Waals surface area contributed by atoms with Gasteiger partial charge in [-0.15, -0.1) is 0 Å². The Morgan fingerprint density at radius 3 is 2.61 bits per heavy atom. The van der Waals surface area contributed by atoms with E-state index in [1.807, 2.05) is 23.1 Å². The molecule has 0 radical (unpaired) electrons. The number of hydrogen-bond donors (Lipinski definition) is 1. The zero-order valence-corrected chi connectivity index (χ0v) is 17.9. The van der Waals surface area contributed by atoms with E-state index in [1.165, 1.54) is 0 Å². The van der Waals surface area contributed by atoms with Gasteiger partial charge in [0.2, 0.25) is 0 Å². The molecular formula is C24H28N2O5. The molecule has 2 fully saturated rings. The number of benzene rings is 2. The lowest BCUT2D eigenvalue weighted by Gasteiger charge is -2.24. The average Bonchev–Trinajstić information content (AvgIpc) is 3.48. The van der Waals surface area contributed by atoms with Crippen LogP contribution >= 0.6 is 0 Å². The summed E-state index contributed by atoms with van der Waals surface area (Å²) >= 11 is 0. The van der Waals surface area contributed by atoms with Crippen molar-refractivity contribution < 1.29 is 23.8 Å². The third-order valence-electron chi connectivity index (χ3n) is 5.68. The summed E-state index contributed by atoms with van der Waals surface area (Å²) in [6.45, 7) is 1.04. The van der Waals surface area contributed by atoms with Crippen molar-refractivity contribution in [3.63, 3.8) is 0 Å². The maximum atomic E-state index is 13.4. The Balaban J connectivity index is 1.52. The summed E-state index contributed by atoms with van der Waals surface area (Å²) in [5, 5.41) is 2.87. The van der Waals surface area contributed by atoms with Crippen molar-refractivity contribution in [3.05, 3.63) is 53.6 Å². The second-order valence-electron chi connectivity index (χ2n) is 7.91. The van der Waals surface area contributed by atoms with E-state index >= 15 is 0 Å². The van der Waals surface area contributed by atoms with Gasteiger partial charge in [0.15, 0.2) is 0 Å². The Morgan fingerprint density at radius 1 is 1.10 bits per heavy atom. The predicted octanol–water partition coefficient (Wildman–Crippen LogP) is 3.63. The second-order valence-corrected chi connectivity index (χ2v) is 7.91. The number of nitrogens with one attached hydrogen (secondary N) is 1. The van der Waals surface area contributed by atoms with Gasteiger partial charge in [-0.3, -0.25) is 9.59 Å². The van der Waals surface area contributed by atoms with E-state index in [-0.39, 0.29) is 17.9 Å². The molecular weight excluding hydrogens is 396 g/mol. The van der Waals surface area contributed by atoms with Crippen LogP contribution < -0.4 is 14.8 Å². The molecule has 31 heavy (non-hydrogen) atoms. The molecule has 0 spiro atoms. The molecule has 1 saturated carbocycles. The highest BCUT2D eigenvalue weighted by atomic mass is 16.5. The maximum absolute atomic E-state index is 13.4. The molecule has 7 nitrogen and oxygen atoms in total. The molecule has 0 bridgehead atoms. The number of nitrogens with zero attached hydrogens (tertiary/aromatic N) is 1. The molecule has 1 saturated heterocycles. The van der Waals surface area contributed by atoms with Gasteiger partial charge in [0.25, 0.3) is 11.8 Å². The Labute approximate surface area is 182 Å². The SMILES string of the molecule is COc1ccc(OC)c(CN(C(=O)c2cccc(NC(=O)C3CCCO3)c2)C2CC2)c1. The van der Waals surface area contributed by atoms with Gasteiger partial charge in [0.1, 0.15) is 17.6 Å². The highest BCUT2D eigenvalue weighted by molar-refractivity contribution is 5.98. The monoisotopic (exact) mass is 424 g/mol. The minimum atomic E-state index is -0.414. The van der Waals surface area contributed by atoms with Crippen LogP contribution in [0.4, 0.5) is 5.69 Å². The van der Waals surface area contributed by atoms with E-state index in [4.69, 9.17) is 14.2 Å². The highest BCUT2D eigenvalue weighted by Crippen LogP contribution is 2.33. The summed E-state index contributed by atoms with van der Waals surface area (Å²) in [7, 11) is 3.24. The Bertz CT molecular complexity index is 951. The molecule has 2 aromatic rings. The van der Waals surface area contributed by atoms with Gasteiger partial charge in [-0.2, -0.15) is 0 Å². The van der Waals surface area contributed by atoms with Crippen LogP contribution in [0.2, 0.25) is 0 Å². The van der Waals surface area contributed by atoms with Crippen molar-refractivity contribution in [1.82, 2.24) is 4.90 Å². The fraction of sp³-hybridized carbons (Fsp3) is 0.417. The van der Waals surface area contributed by atoms with Crippen molar-refractivity contribution in [3.8, 4) is 11.5 Å². The molecule has 1 atom stereocenters. The minimum absolute atomic E-state index is 0.0689. The van der Waals surface area contributed by atoms with Crippen LogP contribution in [0.15, 0.2) is 42.5 Å². The Hall–Kier alpha value is -3.06. The number of carbonyl (C=O) groups is 2. The first-order valence-electron chi connectivity index (χ1n) is 10.6. The molecule has 1 heterocycles. The zero-order chi connectivity index (χ0) is 21.8. The van der Waals surface area contributed by atoms with Crippen LogP contribution in [-0.4, -0.2) is 49.7 Å². The molecule has 4 rings (SSSR count). The topological polar surface area (TPSA) is 77.1 Å². The smallest absolute Gasteiger partial charge is 0.254 e. The van der Waals surface area contributed by atoms with Gasteiger partial charge in [-0.25, -0.2) is 0 Å². The molecule has 7 heteroatoms. The van der Waals surface area contributed by atoms with Crippen LogP contribution in [0.3, 0.4) is 0 Å². The van der Waals surface area contributed by atoms with Crippen molar-refractivity contribution in [2.24, 2.45) is 0 Å². The van der Waals surface area contributed by atoms with Crippen molar-refractivity contribution in [1.29, 1.82) is 0 Å². The lowest BCUT2D eigenvalue weighted by atomic mass is 10.1. The van der Waals surface area contributed by atoms with E-state index in [0.717, 1.165) is 42.7 Å². The number of carbonyl (C=O) groups excluding carboxylic acids is 2. The van der Waals surface area contributed by atoms with Crippen LogP contribution in [0.25, 0.3) is 0 Å². The van der Waals surface area contributed by atoms with Crippen molar-refractivity contribution in [2.45, 2.75) is 44.4 Å². The molecule has 0 aromatic heterocycles. The van der Waals surface area contributed by atoms with Gasteiger partial charge in [-0.05, 0) is 62.1 Å². The third kappa shape index (κ3) is 4.99. The maximum Gasteiger partial charge on any atom is 0.254 e. The van der Waals surface area contributed by atoms with Crippen LogP contribution in [0.5, 0.6) is 11.5 Å². The summed E-state index contributed by atoms with van der Waals surface area (Å²) < 4.78 is 16.3. The molecule has 164 valence electrons. The fourth-order valence-electron chi connectivity index (χ4n) is 3.84. The number of methoxy groups -OCH3 is 2. The van der Waals surface area contributed by atoms with E-state index in [2.05, 4.69) is 5.32 Å². The molecule has 1 aliphatic heterocycles. The van der Waals surface area contributed by atoms with Crippen LogP contribution in [0, 0.1) is 0 Å². The Morgan fingerprint density at radius 2 is 1.94 bits per heavy atom. The normalized spacial score (nSPS) is 17.8. The zero-order valence-electron chi connectivity index (χ0n) is 17.9. The van der Waals surface area contributed by atoms with Gasteiger partial charge in [0, 0.05) is 29.5 Å². The molecule has 2 amide bonds. The van der Waals surface area contributed by atoms with E-state index in [9.17, 15) is 9.59 Å². The quantitative estimate of drug-likeness (QED) is 0.700. The lowest BCUT2D eigenvalue weighted by molar-refractivity contribution is -0.124. The van der Waals surface area contributed by atoms with E-state index in [1.54, 1.807) is 38.5 Å². The molecule has 2 aliphatic rings. The standard InChI is InChI=1S/C24H28N2O5/c1-29-20-10-11-21(30-2)17(14-20)15-26(19-8-9-19)24(28)16-5-3-6-18(13-16)25-23(27)22-7-4-12-31-22/h3,5-6,10-11,13-14,19,22H,4,7-9,12,15H2,1-2H3,(H,25,27). The summed E-state index contributed by atoms with van der Waals surface area (Å²) in [5.74, 6) is 1.21. The molecule has 2 aromatic carbocycles. The largest absolute Gasteiger partial charge is 0.497 e. The number of anilines is 1. The molecule has 1 N–H and O–H groups in total. The lowest BCUT2D eigenvalue weighted by Crippen LogP contribution is -2.33. The van der Waals surface area contributed by atoms with Gasteiger partial charge >= 0.3 is 0 Å². The van der Waals surface area contributed by atoms with Crippen molar-refractivity contribution >= 4 is 17.5 Å². The van der Waals surface area contributed by atoms with Crippen LogP contribution in [-0.2, 0) is 16.1 Å². The summed E-state index contributed by atoms with van der Waals surface area (Å²) in [6, 6.07) is 12.9. The predicted molar refractivity (Wildman–Crippen MR) is 116 cm³/mol. The van der Waals surface area contributed by atoms with E-state index in [0.29, 0.717) is 24.4 Å². The van der Waals surface area contributed by atoms with Crippen molar-refractivity contribution in [2.75, 3.05) is 26.1 Å². The number of amides is 2. The molecule has 1 aliphatic carbocycles. The number of ether oxygens (including phenoxy) is 3. The summed E-state index contributed by atoms with van der Waals surface area (Å²) in [5.41, 5.74) is 2.03. The number of hydrogen-bond acceptors (Lipinski definition) is 5. The van der Waals surface area contributed by atoms with Gasteiger partial charge in [-0.1, -0.05) is 6.07 Å². The second kappa shape index (κ2) is 9.39. The highest BCUT2D eigenvalue weighted by Gasteiger charge is 2.34. The van der Waals surface area contributed by atoms with Gasteiger partial charge in [0.05, 0.1) is 20.8 Å². The fourth-order valence-corrected chi connectivity index (χ4v) is 3.84. The van der Waals surface area contributed by atoms with E-state index < -0.39 is 6.10 Å².